The molecule has 2 aromatic carbocycles. The van der Waals surface area contributed by atoms with Crippen LogP contribution in [-0.2, 0) is 22.7 Å². The summed E-state index contributed by atoms with van der Waals surface area (Å²) in [7, 11) is 0. The minimum Gasteiger partial charge on any atom is -0.307 e. The highest BCUT2D eigenvalue weighted by Crippen LogP contribution is 2.30. The number of nitrogens with zero attached hydrogens (tertiary/aromatic N) is 6. The fourth-order valence-electron chi connectivity index (χ4n) is 5.06. The molecular weight excluding hydrogens is 560 g/mol. The molecule has 44 heavy (non-hydrogen) atoms. The highest BCUT2D eigenvalue weighted by atomic mass is 16.2. The van der Waals surface area contributed by atoms with Crippen molar-refractivity contribution in [1.29, 1.82) is 0 Å². The molecule has 4 amide bonds. The van der Waals surface area contributed by atoms with E-state index in [1.807, 2.05) is 38.1 Å². The first-order chi connectivity index (χ1) is 21.2. The van der Waals surface area contributed by atoms with E-state index in [4.69, 9.17) is 0 Å². The summed E-state index contributed by atoms with van der Waals surface area (Å²) in [4.78, 5) is 61.5. The van der Waals surface area contributed by atoms with Crippen molar-refractivity contribution >= 4 is 35.3 Å². The molecule has 0 bridgehead atoms. The number of fused-ring (bicyclic) bond motifs is 1. The Morgan fingerprint density at radius 2 is 1.18 bits per heavy atom. The first-order valence-electron chi connectivity index (χ1n) is 14.0. The lowest BCUT2D eigenvalue weighted by atomic mass is 10.1. The molecule has 0 saturated carbocycles. The van der Waals surface area contributed by atoms with Crippen molar-refractivity contribution in [2.75, 3.05) is 10.6 Å². The van der Waals surface area contributed by atoms with Crippen LogP contribution in [-0.4, -0.2) is 55.6 Å². The van der Waals surface area contributed by atoms with E-state index >= 15 is 0 Å². The molecule has 12 heteroatoms. The van der Waals surface area contributed by atoms with Gasteiger partial charge in [-0.25, -0.2) is 9.97 Å². The van der Waals surface area contributed by atoms with Gasteiger partial charge in [0, 0.05) is 22.5 Å². The molecule has 0 spiro atoms. The van der Waals surface area contributed by atoms with E-state index in [-0.39, 0.29) is 30.8 Å². The van der Waals surface area contributed by atoms with Crippen LogP contribution in [0, 0.1) is 13.8 Å². The highest BCUT2D eigenvalue weighted by molar-refractivity contribution is 6.09. The number of likely N-dealkylation sites (tertiary alicyclic amines) is 1. The van der Waals surface area contributed by atoms with Gasteiger partial charge in [0.2, 0.25) is 0 Å². The van der Waals surface area contributed by atoms with Gasteiger partial charge in [0.1, 0.15) is 11.6 Å². The number of hydrogen-bond donors (Lipinski definition) is 2. The summed E-state index contributed by atoms with van der Waals surface area (Å²) in [6.07, 6.45) is 0. The fourth-order valence-corrected chi connectivity index (χ4v) is 5.06. The number of benzene rings is 2. The van der Waals surface area contributed by atoms with Crippen LogP contribution in [0.2, 0.25) is 0 Å². The molecule has 1 fully saturated rings. The lowest BCUT2D eigenvalue weighted by molar-refractivity contribution is -0.141. The van der Waals surface area contributed by atoms with E-state index in [0.717, 1.165) is 17.0 Å². The van der Waals surface area contributed by atoms with Gasteiger partial charge < -0.3 is 10.6 Å². The van der Waals surface area contributed by atoms with Crippen molar-refractivity contribution in [3.63, 3.8) is 0 Å². The number of nitrogens with one attached hydrogen (secondary N) is 2. The van der Waals surface area contributed by atoms with Crippen LogP contribution in [0.4, 0.5) is 11.6 Å². The number of imide groups is 1. The predicted molar refractivity (Wildman–Crippen MR) is 160 cm³/mol. The van der Waals surface area contributed by atoms with Gasteiger partial charge >= 0.3 is 0 Å². The SMILES string of the molecule is Cc1cccc(NC(=O)c2ccc(CN3C(=O)[C@H]4N=NN(Cc5ccc(C(=O)Nc6cccc(C)n6)cc5)[C@H]4C3=O)cc2)n1. The molecule has 0 unspecified atom stereocenters. The molecule has 2 aliphatic rings. The quantitative estimate of drug-likeness (QED) is 0.295. The Bertz CT molecular complexity index is 1790. The molecule has 1 saturated heterocycles. The molecule has 0 radical (unpaired) electrons. The molecule has 2 aliphatic heterocycles. The van der Waals surface area contributed by atoms with Crippen LogP contribution in [0.25, 0.3) is 0 Å². The third-order valence-corrected chi connectivity index (χ3v) is 7.33. The van der Waals surface area contributed by atoms with Gasteiger partial charge in [-0.3, -0.25) is 29.1 Å². The second kappa shape index (κ2) is 11.8. The maximum absolute atomic E-state index is 13.4. The number of carbonyl (C=O) groups is 4. The minimum atomic E-state index is -0.915. The number of anilines is 2. The Morgan fingerprint density at radius 1 is 0.682 bits per heavy atom. The number of hydrogen-bond acceptors (Lipinski definition) is 9. The van der Waals surface area contributed by atoms with Gasteiger partial charge in [-0.05, 0) is 73.5 Å². The average molecular weight is 589 g/mol. The Morgan fingerprint density at radius 3 is 1.68 bits per heavy atom. The number of pyridine rings is 2. The van der Waals surface area contributed by atoms with E-state index in [1.54, 1.807) is 60.7 Å². The number of carbonyl (C=O) groups excluding carboxylic acids is 4. The van der Waals surface area contributed by atoms with Crippen molar-refractivity contribution in [2.24, 2.45) is 10.3 Å². The average Bonchev–Trinajstić information content (AvgIpc) is 3.52. The first kappa shape index (κ1) is 28.3. The number of aromatic nitrogens is 2. The number of aryl methyl sites for hydroxylation is 2. The normalized spacial score (nSPS) is 17.1. The summed E-state index contributed by atoms with van der Waals surface area (Å²) in [6, 6.07) is 22.6. The van der Waals surface area contributed by atoms with Crippen LogP contribution in [0.5, 0.6) is 0 Å². The number of amides is 4. The third kappa shape index (κ3) is 5.91. The molecule has 220 valence electrons. The van der Waals surface area contributed by atoms with Crippen LogP contribution in [0.1, 0.15) is 43.2 Å². The highest BCUT2D eigenvalue weighted by Gasteiger charge is 2.54. The van der Waals surface area contributed by atoms with E-state index in [2.05, 4.69) is 30.9 Å². The Kier molecular flexibility index (Phi) is 7.63. The summed E-state index contributed by atoms with van der Waals surface area (Å²) < 4.78 is 0. The van der Waals surface area contributed by atoms with Crippen LogP contribution in [0.15, 0.2) is 95.3 Å². The zero-order chi connectivity index (χ0) is 30.8. The standard InChI is InChI=1S/C32H28N8O4/c1-19-5-3-7-25(33-19)35-29(41)23-13-9-21(10-14-23)17-39-31(43)27-28(32(39)44)40(38-37-27)18-22-11-15-24(16-12-22)30(42)36-26-8-4-6-20(2)34-26/h3-16,27-28H,17-18H2,1-2H3,(H,33,35,41)(H,34,36,42)/t27-,28+/m0/s1. The van der Waals surface area contributed by atoms with Gasteiger partial charge in [0.25, 0.3) is 23.6 Å². The van der Waals surface area contributed by atoms with Gasteiger partial charge in [-0.2, -0.15) is 5.11 Å². The van der Waals surface area contributed by atoms with Crippen molar-refractivity contribution < 1.29 is 19.2 Å². The molecule has 2 N–H and O–H groups in total. The Balaban J connectivity index is 1.06. The maximum atomic E-state index is 13.4. The molecule has 2 atom stereocenters. The summed E-state index contributed by atoms with van der Waals surface area (Å²) in [6.45, 7) is 3.97. The van der Waals surface area contributed by atoms with Crippen LogP contribution < -0.4 is 10.6 Å². The van der Waals surface area contributed by atoms with Crippen LogP contribution >= 0.6 is 0 Å². The van der Waals surface area contributed by atoms with Gasteiger partial charge in [-0.1, -0.05) is 41.6 Å². The lowest BCUT2D eigenvalue weighted by Crippen LogP contribution is -2.39. The summed E-state index contributed by atoms with van der Waals surface area (Å²) >= 11 is 0. The molecule has 4 aromatic rings. The van der Waals surface area contributed by atoms with Crippen molar-refractivity contribution in [3.8, 4) is 0 Å². The number of rotatable bonds is 8. The van der Waals surface area contributed by atoms with E-state index in [0.29, 0.717) is 28.3 Å². The smallest absolute Gasteiger partial charge is 0.259 e. The first-order valence-corrected chi connectivity index (χ1v) is 14.0. The van der Waals surface area contributed by atoms with E-state index < -0.39 is 18.0 Å². The topological polar surface area (TPSA) is 149 Å². The zero-order valence-corrected chi connectivity index (χ0v) is 24.0. The molecule has 2 aromatic heterocycles. The van der Waals surface area contributed by atoms with Crippen molar-refractivity contribution in [3.05, 3.63) is 119 Å². The summed E-state index contributed by atoms with van der Waals surface area (Å²) in [5.41, 5.74) is 3.94. The van der Waals surface area contributed by atoms with Gasteiger partial charge in [0.15, 0.2) is 12.1 Å². The fraction of sp³-hybridized carbons (Fsp3) is 0.188. The van der Waals surface area contributed by atoms with Gasteiger partial charge in [-0.15, -0.1) is 0 Å². The maximum Gasteiger partial charge on any atom is 0.259 e. The van der Waals surface area contributed by atoms with E-state index in [9.17, 15) is 19.2 Å². The molecule has 0 aliphatic carbocycles. The van der Waals surface area contributed by atoms with Crippen molar-refractivity contribution in [1.82, 2.24) is 19.9 Å². The van der Waals surface area contributed by atoms with Crippen LogP contribution in [0.3, 0.4) is 0 Å². The Labute approximate surface area is 252 Å². The molecule has 6 rings (SSSR count). The Hall–Kier alpha value is -5.78. The predicted octanol–water partition coefficient (Wildman–Crippen LogP) is 4.09. The third-order valence-electron chi connectivity index (χ3n) is 7.33. The van der Waals surface area contributed by atoms with E-state index in [1.165, 1.54) is 9.91 Å². The second-order valence-corrected chi connectivity index (χ2v) is 10.6. The monoisotopic (exact) mass is 588 g/mol. The van der Waals surface area contributed by atoms with Gasteiger partial charge in [0.05, 0.1) is 13.1 Å². The molecule has 12 nitrogen and oxygen atoms in total. The van der Waals surface area contributed by atoms with Crippen molar-refractivity contribution in [2.45, 2.75) is 39.0 Å². The molecule has 4 heterocycles. The molecular formula is C32H28N8O4. The summed E-state index contributed by atoms with van der Waals surface area (Å²) in [5, 5.41) is 15.2. The lowest BCUT2D eigenvalue weighted by Gasteiger charge is -2.21. The second-order valence-electron chi connectivity index (χ2n) is 10.6. The minimum absolute atomic E-state index is 0.0506. The zero-order valence-electron chi connectivity index (χ0n) is 24.0. The summed E-state index contributed by atoms with van der Waals surface area (Å²) in [5.74, 6) is -0.497. The largest absolute Gasteiger partial charge is 0.307 e.